The Hall–Kier alpha value is -2.35. The minimum Gasteiger partial charge on any atom is -0.491 e. The fraction of sp³-hybridized carbons (Fsp3) is 0.333. The van der Waals surface area contributed by atoms with E-state index in [9.17, 15) is 18.3 Å². The molecule has 1 aromatic carbocycles. The summed E-state index contributed by atoms with van der Waals surface area (Å²) in [5.74, 6) is 0.553. The first-order chi connectivity index (χ1) is 10.8. The van der Waals surface area contributed by atoms with Crippen molar-refractivity contribution in [3.63, 3.8) is 0 Å². The van der Waals surface area contributed by atoms with Crippen molar-refractivity contribution in [2.45, 2.75) is 19.2 Å². The first-order valence-electron chi connectivity index (χ1n) is 6.85. The third-order valence-electron chi connectivity index (χ3n) is 2.88. The Bertz CT molecular complexity index is 650. The molecule has 0 amide bonds. The highest BCUT2D eigenvalue weighted by atomic mass is 19.4. The molecule has 0 aliphatic rings. The van der Waals surface area contributed by atoms with Crippen molar-refractivity contribution in [2.75, 3.05) is 18.5 Å². The molecule has 0 saturated heterocycles. The van der Waals surface area contributed by atoms with E-state index in [1.54, 1.807) is 13.1 Å². The molecule has 1 aromatic heterocycles. The highest BCUT2D eigenvalue weighted by molar-refractivity contribution is 5.32. The maximum absolute atomic E-state index is 12.6. The number of rotatable bonds is 6. The average molecular weight is 327 g/mol. The molecule has 1 atom stereocenters. The van der Waals surface area contributed by atoms with Crippen molar-refractivity contribution in [2.24, 2.45) is 0 Å². The van der Waals surface area contributed by atoms with E-state index in [-0.39, 0.29) is 18.9 Å². The number of aliphatic hydroxyl groups excluding tert-OH is 1. The Balaban J connectivity index is 1.83. The van der Waals surface area contributed by atoms with Crippen molar-refractivity contribution in [1.29, 1.82) is 0 Å². The van der Waals surface area contributed by atoms with Gasteiger partial charge in [0.15, 0.2) is 0 Å². The lowest BCUT2D eigenvalue weighted by atomic mass is 10.2. The van der Waals surface area contributed by atoms with Crippen LogP contribution in [0.15, 0.2) is 36.7 Å². The normalized spacial score (nSPS) is 12.7. The number of aliphatic hydroxyl groups is 1. The number of hydrogen-bond acceptors (Lipinski definition) is 5. The third-order valence-corrected chi connectivity index (χ3v) is 2.88. The van der Waals surface area contributed by atoms with Gasteiger partial charge < -0.3 is 15.2 Å². The SMILES string of the molecule is Cc1cncc(NCC(O)COc2cccc(C(F)(F)F)c2)n1. The molecule has 0 radical (unpaired) electrons. The van der Waals surface area contributed by atoms with Gasteiger partial charge >= 0.3 is 6.18 Å². The molecule has 23 heavy (non-hydrogen) atoms. The first-order valence-corrected chi connectivity index (χ1v) is 6.85. The number of aromatic nitrogens is 2. The lowest BCUT2D eigenvalue weighted by Gasteiger charge is -2.14. The maximum atomic E-state index is 12.6. The van der Waals surface area contributed by atoms with Crippen LogP contribution in [0, 0.1) is 6.92 Å². The molecule has 0 spiro atoms. The fourth-order valence-corrected chi connectivity index (χ4v) is 1.78. The van der Waals surface area contributed by atoms with Crippen LogP contribution in [0.1, 0.15) is 11.3 Å². The number of nitrogens with one attached hydrogen (secondary N) is 1. The molecule has 2 N–H and O–H groups in total. The summed E-state index contributed by atoms with van der Waals surface area (Å²) >= 11 is 0. The first kappa shape index (κ1) is 17.0. The number of anilines is 1. The molecule has 8 heteroatoms. The van der Waals surface area contributed by atoms with Crippen LogP contribution in [0.5, 0.6) is 5.75 Å². The molecule has 0 aliphatic heterocycles. The molecule has 0 aliphatic carbocycles. The van der Waals surface area contributed by atoms with Gasteiger partial charge in [-0.15, -0.1) is 0 Å². The second-order valence-corrected chi connectivity index (χ2v) is 4.92. The van der Waals surface area contributed by atoms with Gasteiger partial charge in [-0.3, -0.25) is 4.98 Å². The van der Waals surface area contributed by atoms with Crippen LogP contribution < -0.4 is 10.1 Å². The lowest BCUT2D eigenvalue weighted by molar-refractivity contribution is -0.137. The number of hydrogen-bond donors (Lipinski definition) is 2. The molecular formula is C15H16F3N3O2. The van der Waals surface area contributed by atoms with Gasteiger partial charge in [0.1, 0.15) is 24.3 Å². The van der Waals surface area contributed by atoms with E-state index in [4.69, 9.17) is 4.74 Å². The van der Waals surface area contributed by atoms with Crippen molar-refractivity contribution < 1.29 is 23.0 Å². The zero-order valence-corrected chi connectivity index (χ0v) is 12.3. The van der Waals surface area contributed by atoms with E-state index in [0.717, 1.165) is 17.8 Å². The van der Waals surface area contributed by atoms with Crippen molar-refractivity contribution in [3.8, 4) is 5.75 Å². The maximum Gasteiger partial charge on any atom is 0.416 e. The second kappa shape index (κ2) is 7.28. The second-order valence-electron chi connectivity index (χ2n) is 4.92. The summed E-state index contributed by atoms with van der Waals surface area (Å²) in [5.41, 5.74) is -0.0673. The monoisotopic (exact) mass is 327 g/mol. The minimum atomic E-state index is -4.43. The fourth-order valence-electron chi connectivity index (χ4n) is 1.78. The van der Waals surface area contributed by atoms with Crippen LogP contribution in [-0.4, -0.2) is 34.3 Å². The average Bonchev–Trinajstić information content (AvgIpc) is 2.50. The summed E-state index contributed by atoms with van der Waals surface area (Å²) in [6.45, 7) is 1.77. The van der Waals surface area contributed by atoms with Crippen LogP contribution in [0.3, 0.4) is 0 Å². The van der Waals surface area contributed by atoms with Crippen LogP contribution >= 0.6 is 0 Å². The van der Waals surface area contributed by atoms with Gasteiger partial charge in [0.25, 0.3) is 0 Å². The Labute approximate surface area is 131 Å². The number of aryl methyl sites for hydroxylation is 1. The highest BCUT2D eigenvalue weighted by Crippen LogP contribution is 2.31. The van der Waals surface area contributed by atoms with Gasteiger partial charge in [0, 0.05) is 12.7 Å². The van der Waals surface area contributed by atoms with Gasteiger partial charge in [-0.05, 0) is 25.1 Å². The minimum absolute atomic E-state index is 0.0502. The zero-order valence-electron chi connectivity index (χ0n) is 12.3. The van der Waals surface area contributed by atoms with Crippen molar-refractivity contribution in [3.05, 3.63) is 47.9 Å². The molecule has 0 saturated carbocycles. The summed E-state index contributed by atoms with van der Waals surface area (Å²) < 4.78 is 42.9. The number of benzene rings is 1. The van der Waals surface area contributed by atoms with Crippen molar-refractivity contribution >= 4 is 5.82 Å². The van der Waals surface area contributed by atoms with E-state index < -0.39 is 17.8 Å². The van der Waals surface area contributed by atoms with Crippen molar-refractivity contribution in [1.82, 2.24) is 9.97 Å². The predicted octanol–water partition coefficient (Wildman–Crippen LogP) is 2.66. The lowest BCUT2D eigenvalue weighted by Crippen LogP contribution is -2.26. The molecule has 124 valence electrons. The van der Waals surface area contributed by atoms with E-state index in [1.165, 1.54) is 18.3 Å². The van der Waals surface area contributed by atoms with Crippen LogP contribution in [-0.2, 0) is 6.18 Å². The molecular weight excluding hydrogens is 311 g/mol. The Kier molecular flexibility index (Phi) is 5.38. The third kappa shape index (κ3) is 5.41. The Morgan fingerprint density at radius 1 is 1.30 bits per heavy atom. The van der Waals surface area contributed by atoms with Crippen LogP contribution in [0.25, 0.3) is 0 Å². The summed E-state index contributed by atoms with van der Waals surface area (Å²) in [6.07, 6.45) is -2.23. The van der Waals surface area contributed by atoms with E-state index in [2.05, 4.69) is 15.3 Å². The number of ether oxygens (including phenoxy) is 1. The standard InChI is InChI=1S/C15H16F3N3O2/c1-10-6-19-8-14(21-10)20-7-12(22)9-23-13-4-2-3-11(5-13)15(16,17)18/h2-6,8,12,22H,7,9H2,1H3,(H,20,21). The van der Waals surface area contributed by atoms with Gasteiger partial charge in [0.05, 0.1) is 17.5 Å². The van der Waals surface area contributed by atoms with Gasteiger partial charge in [-0.1, -0.05) is 6.07 Å². The molecule has 0 bridgehead atoms. The van der Waals surface area contributed by atoms with E-state index in [0.29, 0.717) is 5.82 Å². The summed E-state index contributed by atoms with van der Waals surface area (Å²) in [7, 11) is 0. The van der Waals surface area contributed by atoms with Gasteiger partial charge in [-0.2, -0.15) is 13.2 Å². The number of alkyl halides is 3. The molecule has 2 aromatic rings. The topological polar surface area (TPSA) is 67.3 Å². The molecule has 5 nitrogen and oxygen atoms in total. The van der Waals surface area contributed by atoms with E-state index >= 15 is 0 Å². The van der Waals surface area contributed by atoms with Crippen LogP contribution in [0.2, 0.25) is 0 Å². The smallest absolute Gasteiger partial charge is 0.416 e. The summed E-state index contributed by atoms with van der Waals surface area (Å²) in [5, 5.41) is 12.7. The number of nitrogens with zero attached hydrogens (tertiary/aromatic N) is 2. The Morgan fingerprint density at radius 3 is 2.78 bits per heavy atom. The highest BCUT2D eigenvalue weighted by Gasteiger charge is 2.30. The van der Waals surface area contributed by atoms with Gasteiger partial charge in [-0.25, -0.2) is 4.98 Å². The molecule has 1 unspecified atom stereocenters. The molecule has 2 rings (SSSR count). The van der Waals surface area contributed by atoms with Gasteiger partial charge in [0.2, 0.25) is 0 Å². The Morgan fingerprint density at radius 2 is 2.09 bits per heavy atom. The van der Waals surface area contributed by atoms with Crippen LogP contribution in [0.4, 0.5) is 19.0 Å². The summed E-state index contributed by atoms with van der Waals surface area (Å²) in [4.78, 5) is 8.10. The molecule has 0 fully saturated rings. The quantitative estimate of drug-likeness (QED) is 0.854. The predicted molar refractivity (Wildman–Crippen MR) is 78.2 cm³/mol. The number of halogens is 3. The zero-order chi connectivity index (χ0) is 16.9. The summed E-state index contributed by atoms with van der Waals surface area (Å²) in [6, 6.07) is 4.51. The van der Waals surface area contributed by atoms with E-state index in [1.807, 2.05) is 0 Å². The largest absolute Gasteiger partial charge is 0.491 e. The molecule has 1 heterocycles.